The van der Waals surface area contributed by atoms with Crippen molar-refractivity contribution in [2.75, 3.05) is 0 Å². The number of benzene rings is 8. The Labute approximate surface area is 435 Å². The van der Waals surface area contributed by atoms with Crippen molar-refractivity contribution >= 4 is 400 Å². The third kappa shape index (κ3) is 6.41. The number of hydrogen-bond donors (Lipinski definition) is 0. The lowest BCUT2D eigenvalue weighted by Gasteiger charge is -2.33. The van der Waals surface area contributed by atoms with E-state index < -0.39 is 0 Å². The average molecular weight is 854 g/mol. The van der Waals surface area contributed by atoms with Gasteiger partial charge in [-0.1, -0.05) is 98.3 Å². The molecular formula is C42H52B26O. The van der Waals surface area contributed by atoms with Gasteiger partial charge < -0.3 is 4.42 Å². The summed E-state index contributed by atoms with van der Waals surface area (Å²) in [5.41, 5.74) is 45.9. The molecule has 0 saturated carbocycles. The largest absolute Gasteiger partial charge is 0.457 e. The third-order valence-electron chi connectivity index (χ3n) is 20.0. The van der Waals surface area contributed by atoms with Gasteiger partial charge in [0.15, 0.2) is 0 Å². The van der Waals surface area contributed by atoms with Crippen molar-refractivity contribution in [2.45, 2.75) is 0 Å². The molecule has 0 aliphatic rings. The molecule has 0 bridgehead atoms. The van der Waals surface area contributed by atoms with Gasteiger partial charge in [0, 0.05) is 10.8 Å². The van der Waals surface area contributed by atoms with Crippen LogP contribution in [-0.2, 0) is 0 Å². The van der Waals surface area contributed by atoms with Gasteiger partial charge in [-0.3, -0.25) is 0 Å². The molecule has 0 saturated heterocycles. The zero-order chi connectivity index (χ0) is 51.0. The van der Waals surface area contributed by atoms with Crippen LogP contribution in [0.4, 0.5) is 0 Å². The van der Waals surface area contributed by atoms with E-state index in [1.807, 2.05) is 0 Å². The Hall–Kier alpha value is -3.97. The summed E-state index contributed by atoms with van der Waals surface area (Å²) in [7, 11) is 61.5. The molecule has 1 nitrogen and oxygen atoms in total. The Morgan fingerprint density at radius 3 is 0.667 bits per heavy atom. The monoisotopic (exact) mass is 859 g/mol. The summed E-state index contributed by atoms with van der Waals surface area (Å²) in [5, 5.41) is 11.1. The summed E-state index contributed by atoms with van der Waals surface area (Å²) in [5.74, 6) is 0. The normalized spacial score (nSPS) is 11.8. The maximum atomic E-state index is 7.07. The van der Waals surface area contributed by atoms with Gasteiger partial charge >= 0.3 is 0 Å². The van der Waals surface area contributed by atoms with Crippen LogP contribution < -0.4 is 142 Å². The number of furan rings is 1. The Kier molecular flexibility index (Phi) is 12.2. The lowest BCUT2D eigenvalue weighted by molar-refractivity contribution is 0.675. The molecule has 0 unspecified atom stereocenters. The van der Waals surface area contributed by atoms with Gasteiger partial charge in [-0.15, -0.1) is 43.7 Å². The minimum absolute atomic E-state index is 1.03. The molecular weight excluding hydrogens is 802 g/mol. The molecule has 9 aromatic rings. The molecule has 0 atom stereocenters. The van der Waals surface area contributed by atoms with Gasteiger partial charge in [-0.25, -0.2) is 0 Å². The lowest BCUT2D eigenvalue weighted by atomic mass is 9.55. The first-order valence-corrected chi connectivity index (χ1v) is 25.7. The highest BCUT2D eigenvalue weighted by Crippen LogP contribution is 2.41. The van der Waals surface area contributed by atoms with Crippen LogP contribution in [0.3, 0.4) is 0 Å². The van der Waals surface area contributed by atoms with Crippen molar-refractivity contribution < 1.29 is 4.42 Å². The molecule has 0 fully saturated rings. The summed E-state index contributed by atoms with van der Waals surface area (Å²) in [6.45, 7) is 0. The zero-order valence-corrected chi connectivity index (χ0v) is 47.4. The first-order valence-electron chi connectivity index (χ1n) is 25.7. The number of hydrogen-bond acceptors (Lipinski definition) is 1. The van der Waals surface area contributed by atoms with E-state index in [0.29, 0.717) is 0 Å². The van der Waals surface area contributed by atoms with E-state index in [0.717, 1.165) is 11.2 Å². The number of rotatable bonds is 3. The summed E-state index contributed by atoms with van der Waals surface area (Å²) in [4.78, 5) is 0. The molecule has 0 N–H and O–H groups in total. The molecule has 304 valence electrons. The zero-order valence-electron chi connectivity index (χ0n) is 47.4. The van der Waals surface area contributed by atoms with E-state index in [1.54, 1.807) is 0 Å². The molecule has 0 amide bonds. The molecule has 1 heterocycles. The highest BCUT2D eigenvalue weighted by Gasteiger charge is 2.32. The number of fused-ring (bicyclic) bond motifs is 6. The fourth-order valence-corrected chi connectivity index (χ4v) is 13.6. The topological polar surface area (TPSA) is 13.1 Å². The smallest absolute Gasteiger partial charge is 0.143 e. The van der Waals surface area contributed by atoms with Crippen LogP contribution in [0.2, 0.25) is 0 Å². The van der Waals surface area contributed by atoms with Crippen LogP contribution in [0.15, 0.2) is 4.42 Å². The SMILES string of the molecule is Bc1c(B)c(-c2c(B)c(B)c(B)c3oc4c(B)c(B)c(B)c(B)c4c23)c(B)c(B)c1-c1c2c(B)c(B)c(B)c(B)c2c(-c2c(B)c(B)c(B)c3c(B)c(B)c(B)c(B)c23)c2c(B)c(B)c(B)c(B)c12. The Morgan fingerprint density at radius 1 is 0.130 bits per heavy atom. The van der Waals surface area contributed by atoms with Crippen molar-refractivity contribution in [3.8, 4) is 33.4 Å². The molecule has 69 heavy (non-hydrogen) atoms. The van der Waals surface area contributed by atoms with Crippen molar-refractivity contribution in [1.29, 1.82) is 0 Å². The van der Waals surface area contributed by atoms with Crippen LogP contribution in [-0.4, -0.2) is 204 Å². The van der Waals surface area contributed by atoms with Gasteiger partial charge in [0.05, 0.1) is 0 Å². The summed E-state index contributed by atoms with van der Waals surface area (Å²) in [6.07, 6.45) is 0. The van der Waals surface area contributed by atoms with Gasteiger partial charge in [0.2, 0.25) is 0 Å². The van der Waals surface area contributed by atoms with Gasteiger partial charge in [0.1, 0.15) is 215 Å². The van der Waals surface area contributed by atoms with Crippen LogP contribution in [0.1, 0.15) is 0 Å². The minimum Gasteiger partial charge on any atom is -0.457 e. The van der Waals surface area contributed by atoms with Crippen LogP contribution in [0.5, 0.6) is 0 Å². The maximum Gasteiger partial charge on any atom is 0.143 e. The van der Waals surface area contributed by atoms with Crippen LogP contribution >= 0.6 is 0 Å². The highest BCUT2D eigenvalue weighted by molar-refractivity contribution is 6.77. The molecule has 8 aromatic carbocycles. The molecule has 27 heteroatoms. The average Bonchev–Trinajstić information content (AvgIpc) is 3.72. The fraction of sp³-hybridized carbons (Fsp3) is 0. The Bertz CT molecular complexity index is 3850. The lowest BCUT2D eigenvalue weighted by Crippen LogP contribution is -2.53. The molecule has 0 aliphatic carbocycles. The standard InChI is InChI=1S/C42H52B26O/c43-15-5(8-12(26(54)29(15)57)27(55)35(63)34(62)20(8)48)1-3-6(18(46)32(60)30(58)16(3)44)2(7-4(1)17(45)31(59)33(61)19(7)47)11-22(50)24(52)13(25(53)23(11)51)9-10-14-28(56)36(64)38(66)40(68)42(14)69-41(10)39(67)37(65)21(9)49/h43-68H2. The van der Waals surface area contributed by atoms with E-state index in [2.05, 4.69) is 204 Å². The van der Waals surface area contributed by atoms with Gasteiger partial charge in [0.25, 0.3) is 0 Å². The summed E-state index contributed by atoms with van der Waals surface area (Å²) >= 11 is 0. The van der Waals surface area contributed by atoms with Crippen molar-refractivity contribution in [3.63, 3.8) is 0 Å². The Balaban J connectivity index is 1.58. The van der Waals surface area contributed by atoms with E-state index in [-0.39, 0.29) is 0 Å². The molecule has 0 spiro atoms. The van der Waals surface area contributed by atoms with E-state index in [9.17, 15) is 0 Å². The minimum atomic E-state index is 1.03. The van der Waals surface area contributed by atoms with Crippen molar-refractivity contribution in [2.24, 2.45) is 0 Å². The second-order valence-corrected chi connectivity index (χ2v) is 22.3. The predicted octanol–water partition coefficient (Wildman–Crippen LogP) is -33.2. The molecule has 0 radical (unpaired) electrons. The van der Waals surface area contributed by atoms with Crippen molar-refractivity contribution in [3.05, 3.63) is 0 Å². The van der Waals surface area contributed by atoms with Gasteiger partial charge in [-0.2, -0.15) is 0 Å². The summed E-state index contributed by atoms with van der Waals surface area (Å²) in [6, 6.07) is 0. The quantitative estimate of drug-likeness (QED) is 0.127. The fourth-order valence-electron chi connectivity index (χ4n) is 13.6. The molecule has 0 aliphatic heterocycles. The molecule has 9 rings (SSSR count). The van der Waals surface area contributed by atoms with E-state index in [1.165, 1.54) is 219 Å². The van der Waals surface area contributed by atoms with Gasteiger partial charge in [-0.05, 0) is 65.7 Å². The molecule has 1 aromatic heterocycles. The van der Waals surface area contributed by atoms with Crippen molar-refractivity contribution in [1.82, 2.24) is 0 Å². The summed E-state index contributed by atoms with van der Waals surface area (Å²) < 4.78 is 7.07. The first kappa shape index (κ1) is 50.0. The third-order valence-corrected chi connectivity index (χ3v) is 20.0. The Morgan fingerprint density at radius 2 is 0.319 bits per heavy atom. The second-order valence-electron chi connectivity index (χ2n) is 22.3. The van der Waals surface area contributed by atoms with E-state index >= 15 is 0 Å². The second kappa shape index (κ2) is 16.8. The highest BCUT2D eigenvalue weighted by atomic mass is 16.3. The maximum absolute atomic E-state index is 7.07. The van der Waals surface area contributed by atoms with E-state index in [4.69, 9.17) is 4.42 Å². The van der Waals surface area contributed by atoms with Crippen LogP contribution in [0, 0.1) is 0 Å². The first-order chi connectivity index (χ1) is 32.2. The predicted molar refractivity (Wildman–Crippen MR) is 395 cm³/mol. The van der Waals surface area contributed by atoms with Crippen LogP contribution in [0.25, 0.3) is 87.6 Å².